The third kappa shape index (κ3) is 2.91. The van der Waals surface area contributed by atoms with Crippen LogP contribution in [0.25, 0.3) is 5.69 Å². The summed E-state index contributed by atoms with van der Waals surface area (Å²) in [6.07, 6.45) is 7.18. The Bertz CT molecular complexity index is 571. The first kappa shape index (κ1) is 12.9. The fourth-order valence-corrected chi connectivity index (χ4v) is 2.56. The fraction of sp³-hybridized carbons (Fsp3) is 0.312. The van der Waals surface area contributed by atoms with Crippen LogP contribution in [0.4, 0.5) is 5.69 Å². The Balaban J connectivity index is 1.71. The number of rotatable bonds is 3. The Morgan fingerprint density at radius 2 is 2.05 bits per heavy atom. The fourth-order valence-electron chi connectivity index (χ4n) is 2.56. The van der Waals surface area contributed by atoms with E-state index in [-0.39, 0.29) is 11.9 Å². The van der Waals surface area contributed by atoms with E-state index >= 15 is 0 Å². The van der Waals surface area contributed by atoms with Gasteiger partial charge in [-0.1, -0.05) is 12.5 Å². The number of carbonyl (C=O) groups is 1. The zero-order valence-corrected chi connectivity index (χ0v) is 11.4. The van der Waals surface area contributed by atoms with Gasteiger partial charge in [-0.2, -0.15) is 0 Å². The van der Waals surface area contributed by atoms with E-state index in [1.807, 2.05) is 53.4 Å². The van der Waals surface area contributed by atoms with Gasteiger partial charge >= 0.3 is 0 Å². The van der Waals surface area contributed by atoms with Crippen molar-refractivity contribution < 1.29 is 4.79 Å². The Morgan fingerprint density at radius 1 is 1.20 bits per heavy atom. The summed E-state index contributed by atoms with van der Waals surface area (Å²) in [7, 11) is 0. The highest BCUT2D eigenvalue weighted by molar-refractivity contribution is 5.95. The van der Waals surface area contributed by atoms with Gasteiger partial charge in [0.05, 0.1) is 6.04 Å². The van der Waals surface area contributed by atoms with Crippen LogP contribution in [0.3, 0.4) is 0 Å². The molecule has 4 heteroatoms. The molecule has 1 aliphatic rings. The molecular weight excluding hydrogens is 250 g/mol. The normalized spacial score (nSPS) is 18.7. The summed E-state index contributed by atoms with van der Waals surface area (Å²) in [5.74, 6) is 0.0642. The van der Waals surface area contributed by atoms with Gasteiger partial charge in [-0.05, 0) is 49.7 Å². The third-order valence-corrected chi connectivity index (χ3v) is 3.64. The summed E-state index contributed by atoms with van der Waals surface area (Å²) in [6, 6.07) is 11.8. The standard InChI is InChI=1S/C16H19N3O/c20-16(15-8-1-2-9-17-15)18-13-6-5-7-14(12-13)19-10-3-4-11-19/h3-7,10-12,15,17H,1-2,8-9H2,(H,18,20). The van der Waals surface area contributed by atoms with E-state index in [1.54, 1.807) is 0 Å². The summed E-state index contributed by atoms with van der Waals surface area (Å²) in [5, 5.41) is 6.26. The molecule has 0 saturated carbocycles. The first-order valence-electron chi connectivity index (χ1n) is 7.10. The molecular formula is C16H19N3O. The third-order valence-electron chi connectivity index (χ3n) is 3.64. The Morgan fingerprint density at radius 3 is 2.80 bits per heavy atom. The van der Waals surface area contributed by atoms with Crippen LogP contribution in [0.1, 0.15) is 19.3 Å². The van der Waals surface area contributed by atoms with E-state index in [0.29, 0.717) is 0 Å². The lowest BCUT2D eigenvalue weighted by molar-refractivity contribution is -0.118. The smallest absolute Gasteiger partial charge is 0.241 e. The van der Waals surface area contributed by atoms with E-state index in [2.05, 4.69) is 10.6 Å². The minimum atomic E-state index is -0.0565. The maximum atomic E-state index is 12.2. The van der Waals surface area contributed by atoms with Crippen LogP contribution in [0.15, 0.2) is 48.8 Å². The van der Waals surface area contributed by atoms with Crippen LogP contribution in [0, 0.1) is 0 Å². The second kappa shape index (κ2) is 5.92. The lowest BCUT2D eigenvalue weighted by Crippen LogP contribution is -2.43. The number of amides is 1. The molecule has 2 heterocycles. The number of anilines is 1. The number of nitrogens with zero attached hydrogens (tertiary/aromatic N) is 1. The summed E-state index contributed by atoms with van der Waals surface area (Å²) in [5.41, 5.74) is 1.89. The summed E-state index contributed by atoms with van der Waals surface area (Å²) >= 11 is 0. The van der Waals surface area contributed by atoms with Gasteiger partial charge in [0, 0.05) is 23.8 Å². The average molecular weight is 269 g/mol. The highest BCUT2D eigenvalue weighted by Gasteiger charge is 2.20. The van der Waals surface area contributed by atoms with Crippen molar-refractivity contribution in [2.45, 2.75) is 25.3 Å². The molecule has 20 heavy (non-hydrogen) atoms. The molecule has 1 aliphatic heterocycles. The van der Waals surface area contributed by atoms with Gasteiger partial charge in [0.25, 0.3) is 0 Å². The number of piperidine rings is 1. The zero-order chi connectivity index (χ0) is 13.8. The molecule has 1 unspecified atom stereocenters. The predicted molar refractivity (Wildman–Crippen MR) is 80.0 cm³/mol. The van der Waals surface area contributed by atoms with E-state index in [1.165, 1.54) is 0 Å². The highest BCUT2D eigenvalue weighted by atomic mass is 16.2. The molecule has 4 nitrogen and oxygen atoms in total. The van der Waals surface area contributed by atoms with Crippen molar-refractivity contribution >= 4 is 11.6 Å². The summed E-state index contributed by atoms with van der Waals surface area (Å²) in [4.78, 5) is 12.2. The molecule has 1 atom stereocenters. The largest absolute Gasteiger partial charge is 0.325 e. The van der Waals surface area contributed by atoms with Crippen LogP contribution in [-0.2, 0) is 4.79 Å². The van der Waals surface area contributed by atoms with Crippen LogP contribution >= 0.6 is 0 Å². The number of nitrogens with one attached hydrogen (secondary N) is 2. The van der Waals surface area contributed by atoms with Crippen molar-refractivity contribution in [1.29, 1.82) is 0 Å². The van der Waals surface area contributed by atoms with Crippen LogP contribution in [0.5, 0.6) is 0 Å². The Kier molecular flexibility index (Phi) is 3.83. The minimum Gasteiger partial charge on any atom is -0.325 e. The number of benzene rings is 1. The first-order chi connectivity index (χ1) is 9.83. The molecule has 0 radical (unpaired) electrons. The van der Waals surface area contributed by atoms with Gasteiger partial charge in [-0.15, -0.1) is 0 Å². The van der Waals surface area contributed by atoms with Crippen molar-refractivity contribution in [2.24, 2.45) is 0 Å². The van der Waals surface area contributed by atoms with Gasteiger partial charge in [0.1, 0.15) is 0 Å². The van der Waals surface area contributed by atoms with Gasteiger partial charge in [0.2, 0.25) is 5.91 Å². The molecule has 3 rings (SSSR count). The van der Waals surface area contributed by atoms with Gasteiger partial charge in [-0.25, -0.2) is 0 Å². The molecule has 104 valence electrons. The second-order valence-corrected chi connectivity index (χ2v) is 5.13. The molecule has 1 fully saturated rings. The molecule has 0 aliphatic carbocycles. The molecule has 1 amide bonds. The minimum absolute atomic E-state index is 0.0565. The SMILES string of the molecule is O=C(Nc1cccc(-n2cccc2)c1)C1CCCCN1. The molecule has 0 spiro atoms. The Labute approximate surface area is 118 Å². The van der Waals surface area contributed by atoms with E-state index in [9.17, 15) is 4.79 Å². The summed E-state index contributed by atoms with van der Waals surface area (Å²) in [6.45, 7) is 0.932. The molecule has 1 aromatic carbocycles. The van der Waals surface area contributed by atoms with Gasteiger partial charge in [-0.3, -0.25) is 4.79 Å². The van der Waals surface area contributed by atoms with Crippen molar-refractivity contribution in [3.63, 3.8) is 0 Å². The van der Waals surface area contributed by atoms with Crippen molar-refractivity contribution in [3.8, 4) is 5.69 Å². The Hall–Kier alpha value is -2.07. The van der Waals surface area contributed by atoms with Gasteiger partial charge in [0.15, 0.2) is 0 Å². The van der Waals surface area contributed by atoms with E-state index < -0.39 is 0 Å². The number of hydrogen-bond acceptors (Lipinski definition) is 2. The second-order valence-electron chi connectivity index (χ2n) is 5.13. The average Bonchev–Trinajstić information content (AvgIpc) is 3.03. The van der Waals surface area contributed by atoms with Crippen LogP contribution in [-0.4, -0.2) is 23.1 Å². The van der Waals surface area contributed by atoms with Crippen molar-refractivity contribution in [1.82, 2.24) is 9.88 Å². The van der Waals surface area contributed by atoms with Crippen LogP contribution < -0.4 is 10.6 Å². The van der Waals surface area contributed by atoms with E-state index in [4.69, 9.17) is 0 Å². The van der Waals surface area contributed by atoms with E-state index in [0.717, 1.165) is 37.2 Å². The van der Waals surface area contributed by atoms with Crippen molar-refractivity contribution in [2.75, 3.05) is 11.9 Å². The lowest BCUT2D eigenvalue weighted by Gasteiger charge is -2.22. The predicted octanol–water partition coefficient (Wildman–Crippen LogP) is 2.56. The van der Waals surface area contributed by atoms with Gasteiger partial charge < -0.3 is 15.2 Å². The van der Waals surface area contributed by atoms with Crippen molar-refractivity contribution in [3.05, 3.63) is 48.8 Å². The quantitative estimate of drug-likeness (QED) is 0.899. The molecule has 0 bridgehead atoms. The molecule has 1 saturated heterocycles. The number of carbonyl (C=O) groups excluding carboxylic acids is 1. The monoisotopic (exact) mass is 269 g/mol. The first-order valence-corrected chi connectivity index (χ1v) is 7.10. The maximum absolute atomic E-state index is 12.2. The zero-order valence-electron chi connectivity index (χ0n) is 11.4. The lowest BCUT2D eigenvalue weighted by atomic mass is 10.0. The maximum Gasteiger partial charge on any atom is 0.241 e. The molecule has 2 N–H and O–H groups in total. The van der Waals surface area contributed by atoms with Crippen LogP contribution in [0.2, 0.25) is 0 Å². The highest BCUT2D eigenvalue weighted by Crippen LogP contribution is 2.16. The summed E-state index contributed by atoms with van der Waals surface area (Å²) < 4.78 is 2.02. The number of aromatic nitrogens is 1. The molecule has 2 aromatic rings. The number of hydrogen-bond donors (Lipinski definition) is 2. The molecule has 1 aromatic heterocycles. The topological polar surface area (TPSA) is 46.1 Å².